The van der Waals surface area contributed by atoms with Crippen molar-refractivity contribution in [2.75, 3.05) is 27.2 Å². The third kappa shape index (κ3) is 21.1. The van der Waals surface area contributed by atoms with Crippen LogP contribution in [0.1, 0.15) is 125 Å². The van der Waals surface area contributed by atoms with E-state index in [9.17, 15) is 0 Å². The van der Waals surface area contributed by atoms with Crippen molar-refractivity contribution in [2.24, 2.45) is 21.5 Å². The third-order valence-electron chi connectivity index (χ3n) is 16.0. The number of guanidine groups is 2. The van der Waals surface area contributed by atoms with Crippen molar-refractivity contribution in [3.05, 3.63) is 167 Å². The number of nitrogens with zero attached hydrogens (tertiary/aromatic N) is 8. The summed E-state index contributed by atoms with van der Waals surface area (Å²) in [4.78, 5) is 26.9. The summed E-state index contributed by atoms with van der Waals surface area (Å²) in [5.74, 6) is 5.46. The van der Waals surface area contributed by atoms with Gasteiger partial charge in [0, 0.05) is 72.9 Å². The Balaban J connectivity index is 0.000000332. The van der Waals surface area contributed by atoms with E-state index in [4.69, 9.17) is 30.3 Å². The maximum atomic E-state index is 6.27. The molecule has 0 saturated heterocycles. The molecule has 12 rings (SSSR count). The Bertz CT molecular complexity index is 3450. The van der Waals surface area contributed by atoms with Gasteiger partial charge in [0.15, 0.2) is 34.3 Å². The Labute approximate surface area is 630 Å². The number of rotatable bonds is 22. The second kappa shape index (κ2) is 39.7. The van der Waals surface area contributed by atoms with Gasteiger partial charge in [-0.15, -0.1) is 48.0 Å². The van der Waals surface area contributed by atoms with Gasteiger partial charge in [-0.2, -0.15) is 20.0 Å². The normalized spacial score (nSPS) is 15.3. The minimum absolute atomic E-state index is 0. The van der Waals surface area contributed by atoms with E-state index in [0.717, 1.165) is 58.4 Å². The van der Waals surface area contributed by atoms with Crippen LogP contribution in [0.3, 0.4) is 0 Å². The van der Waals surface area contributed by atoms with Gasteiger partial charge in [0.2, 0.25) is 19.4 Å². The monoisotopic (exact) mass is 1900 g/mol. The molecule has 20 heteroatoms. The maximum absolute atomic E-state index is 6.27. The van der Waals surface area contributed by atoms with Crippen molar-refractivity contribution < 1.29 is 105 Å². The van der Waals surface area contributed by atoms with Crippen LogP contribution in [-0.2, 0) is 11.5 Å². The largest absolute Gasteiger partial charge is 1.00 e. The van der Waals surface area contributed by atoms with Crippen molar-refractivity contribution in [1.29, 1.82) is 0 Å². The lowest BCUT2D eigenvalue weighted by Gasteiger charge is -2.28. The van der Waals surface area contributed by atoms with Gasteiger partial charge < -0.3 is 116 Å². The van der Waals surface area contributed by atoms with E-state index in [2.05, 4.69) is 133 Å². The molecule has 10 aromatic rings. The lowest BCUT2D eigenvalue weighted by Crippen LogP contribution is -3.00. The lowest BCUT2D eigenvalue weighted by molar-refractivity contribution is -0.00100. The maximum Gasteiger partial charge on any atom is 0.305 e. The predicted octanol–water partition coefficient (Wildman–Crippen LogP) is 7.54. The van der Waals surface area contributed by atoms with Crippen LogP contribution < -0.4 is 116 Å². The second-order valence-corrected chi connectivity index (χ2v) is 26.6. The second-order valence-electron chi connectivity index (χ2n) is 22.2. The Morgan fingerprint density at radius 2 is 0.659 bits per heavy atom. The Kier molecular flexibility index (Phi) is 35.9. The Morgan fingerprint density at radius 1 is 0.364 bits per heavy atom. The molecular formula is C68H88I6N10O2S2. The molecule has 88 heavy (non-hydrogen) atoms. The third-order valence-corrected chi connectivity index (χ3v) is 20.8. The fourth-order valence-corrected chi connectivity index (χ4v) is 15.7. The number of thiazole rings is 2. The zero-order valence-corrected chi connectivity index (χ0v) is 66.6. The summed E-state index contributed by atoms with van der Waals surface area (Å²) in [6, 6.07) is 49.5. The zero-order valence-electron chi connectivity index (χ0n) is 51.7. The minimum atomic E-state index is 0. The van der Waals surface area contributed by atoms with Gasteiger partial charge in [-0.1, -0.05) is 124 Å². The van der Waals surface area contributed by atoms with Crippen molar-refractivity contribution in [3.8, 4) is 0 Å². The van der Waals surface area contributed by atoms with Crippen LogP contribution >= 0.6 is 68.9 Å². The summed E-state index contributed by atoms with van der Waals surface area (Å²) >= 11 is 0. The number of unbranched alkanes of at least 4 members (excludes halogenated alkanes) is 14. The number of aromatic nitrogens is 4. The fourth-order valence-electron chi connectivity index (χ4n) is 11.4. The highest BCUT2D eigenvalue weighted by Gasteiger charge is 2.39. The van der Waals surface area contributed by atoms with E-state index >= 15 is 0 Å². The van der Waals surface area contributed by atoms with Gasteiger partial charge >= 0.3 is 11.9 Å². The first-order chi connectivity index (χ1) is 39.9. The number of nitrogens with two attached hydrogens (primary N) is 2. The van der Waals surface area contributed by atoms with E-state index < -0.39 is 0 Å². The number of halogens is 6. The van der Waals surface area contributed by atoms with Gasteiger partial charge in [-0.05, 0) is 99.9 Å². The Morgan fingerprint density at radius 3 is 1.02 bits per heavy atom. The van der Waals surface area contributed by atoms with Crippen LogP contribution in [0.15, 0.2) is 164 Å². The number of hydrogen-bond acceptors (Lipinski definition) is 10. The standard InChI is InChI=1S/C26H38N6.C26H34N2S2.2C8H7NO.6HI/c1-31(23-17-11-9-15-21(23)29-25(31)27)19-13-7-5-3-4-6-8-14-20-32(2)24-18-12-10-16-22(24)30-26(32)28;1-21-27-23-15-9-11-17-25(23)29(21)19-13-7-5-3-4-6-8-14-20-30-22(2)28-24-16-10-12-18-26(24)30;2*1-6-9-7-4-2-3-5-8(7)10-6;;;;;;/h9-12,15-18H,3-8,13-14,19-20H2,1-2H3,(H2,27,29)(H2,28,30);9-12,15-18H,3-8,13-14,19-20H2,1-2H3;2*2-5H,1H3;6*1H/q2*+2;;;;;;;;/p-4. The molecule has 12 nitrogen and oxygen atoms in total. The first kappa shape index (κ1) is 79.5. The zero-order chi connectivity index (χ0) is 57.3. The van der Waals surface area contributed by atoms with E-state index in [1.54, 1.807) is 0 Å². The van der Waals surface area contributed by atoms with Gasteiger partial charge in [0.1, 0.15) is 44.9 Å². The van der Waals surface area contributed by atoms with Gasteiger partial charge in [-0.25, -0.2) is 18.9 Å². The number of benzene rings is 6. The number of hydrogen-bond donors (Lipinski definition) is 2. The van der Waals surface area contributed by atoms with E-state index in [-0.39, 0.29) is 165 Å². The molecule has 0 fully saturated rings. The quantitative estimate of drug-likeness (QED) is 0.0306. The molecule has 0 radical (unpaired) electrons. The lowest BCUT2D eigenvalue weighted by atomic mass is 10.1. The number of aryl methyl sites for hydroxylation is 6. The van der Waals surface area contributed by atoms with Crippen LogP contribution in [-0.4, -0.2) is 59.0 Å². The van der Waals surface area contributed by atoms with Crippen LogP contribution in [0.4, 0.5) is 22.7 Å². The SMILES string of the molecule is C[N+]1(CCCCCCCCCC[N+]2(C)C(N)=Nc3ccccc32)C(N)=Nc2ccccc21.Cc1nc2ccccc2[s+]1CCCCCCCCCC[s+]1c(C)nc2ccccc21.Cc1nc2ccccc2o1.Cc1nc2ccccc2o1.I.I.[I-].[I-].[I-].[I-]. The van der Waals surface area contributed by atoms with Crippen molar-refractivity contribution in [3.63, 3.8) is 0 Å². The summed E-state index contributed by atoms with van der Waals surface area (Å²) in [6.07, 6.45) is 21.0. The summed E-state index contributed by atoms with van der Waals surface area (Å²) in [7, 11) is 4.89. The first-order valence-corrected chi connectivity index (χ1v) is 32.6. The molecule has 4 aromatic heterocycles. The fraction of sp³-hybridized carbons (Fsp3) is 0.382. The van der Waals surface area contributed by atoms with Crippen LogP contribution in [0.5, 0.6) is 0 Å². The number of quaternary nitrogens is 2. The highest BCUT2D eigenvalue weighted by molar-refractivity contribution is 14.0. The highest BCUT2D eigenvalue weighted by atomic mass is 127. The smallest absolute Gasteiger partial charge is 0.305 e. The molecule has 6 aromatic carbocycles. The summed E-state index contributed by atoms with van der Waals surface area (Å²) in [5, 5.41) is 2.67. The molecule has 4 unspecified atom stereocenters. The minimum Gasteiger partial charge on any atom is -1.00 e. The van der Waals surface area contributed by atoms with E-state index in [0.29, 0.717) is 20.9 Å². The molecule has 2 aliphatic heterocycles. The molecule has 0 amide bonds. The van der Waals surface area contributed by atoms with Crippen LogP contribution in [0, 0.1) is 27.7 Å². The van der Waals surface area contributed by atoms with Crippen molar-refractivity contribution >= 4 is 146 Å². The van der Waals surface area contributed by atoms with Crippen molar-refractivity contribution in [2.45, 2.75) is 142 Å². The summed E-state index contributed by atoms with van der Waals surface area (Å²) in [6.45, 7) is 10.2. The molecule has 0 bridgehead atoms. The first-order valence-electron chi connectivity index (χ1n) is 29.9. The number of aliphatic imine (C=N–C) groups is 2. The molecule has 2 aliphatic rings. The molecule has 6 heterocycles. The molecule has 0 saturated carbocycles. The van der Waals surface area contributed by atoms with E-state index in [1.807, 2.05) is 74.5 Å². The Hall–Kier alpha value is -2.72. The number of para-hydroxylation sites is 10. The average Bonchev–Trinajstić information content (AvgIpc) is 3.43. The molecule has 0 spiro atoms. The number of fused-ring (bicyclic) bond motifs is 6. The van der Waals surface area contributed by atoms with Crippen LogP contribution in [0.2, 0.25) is 0 Å². The predicted molar refractivity (Wildman–Crippen MR) is 381 cm³/mol. The van der Waals surface area contributed by atoms with Gasteiger partial charge in [0.25, 0.3) is 0 Å². The number of oxazole rings is 2. The summed E-state index contributed by atoms with van der Waals surface area (Å²) < 4.78 is 14.8. The topological polar surface area (TPSA) is 155 Å². The molecule has 4 N–H and O–H groups in total. The van der Waals surface area contributed by atoms with Crippen LogP contribution in [0.25, 0.3) is 42.6 Å². The molecular weight excluding hydrogens is 1810 g/mol. The van der Waals surface area contributed by atoms with Gasteiger partial charge in [-0.3, -0.25) is 0 Å². The van der Waals surface area contributed by atoms with Crippen molar-refractivity contribution in [1.82, 2.24) is 28.9 Å². The highest BCUT2D eigenvalue weighted by Crippen LogP contribution is 2.41. The molecule has 476 valence electrons. The molecule has 0 aliphatic carbocycles. The van der Waals surface area contributed by atoms with Gasteiger partial charge in [0.05, 0.1) is 27.2 Å². The molecule has 4 atom stereocenters. The average molecular weight is 1900 g/mol. The summed E-state index contributed by atoms with van der Waals surface area (Å²) in [5.41, 5.74) is 23.0. The van der Waals surface area contributed by atoms with E-state index in [1.165, 1.54) is 156 Å².